The summed E-state index contributed by atoms with van der Waals surface area (Å²) in [5, 5.41) is 6.17. The zero-order valence-electron chi connectivity index (χ0n) is 11.5. The van der Waals surface area contributed by atoms with Crippen LogP contribution in [-0.4, -0.2) is 45.5 Å². The zero-order valence-corrected chi connectivity index (χ0v) is 12.3. The summed E-state index contributed by atoms with van der Waals surface area (Å²) in [7, 11) is -1.40. The quantitative estimate of drug-likeness (QED) is 0.422. The van der Waals surface area contributed by atoms with E-state index in [2.05, 4.69) is 22.5 Å². The van der Waals surface area contributed by atoms with Crippen LogP contribution in [-0.2, 0) is 9.84 Å². The normalized spacial score (nSPS) is 13.6. The molecule has 0 radical (unpaired) electrons. The fourth-order valence-electron chi connectivity index (χ4n) is 1.03. The molecule has 0 saturated heterocycles. The van der Waals surface area contributed by atoms with E-state index < -0.39 is 14.6 Å². The summed E-state index contributed by atoms with van der Waals surface area (Å²) in [5.41, 5.74) is 0. The largest absolute Gasteiger partial charge is 0.356 e. The Kier molecular flexibility index (Phi) is 6.52. The highest BCUT2D eigenvalue weighted by Crippen LogP contribution is 2.13. The maximum atomic E-state index is 11.5. The highest BCUT2D eigenvalue weighted by atomic mass is 32.2. The molecule has 0 aliphatic rings. The molecular formula is C11H25N3O2S. The van der Waals surface area contributed by atoms with E-state index in [0.29, 0.717) is 12.5 Å². The minimum atomic E-state index is -3.08. The maximum Gasteiger partial charge on any atom is 0.191 e. The van der Waals surface area contributed by atoms with Crippen molar-refractivity contribution in [2.45, 2.75) is 38.4 Å². The van der Waals surface area contributed by atoms with E-state index in [0.717, 1.165) is 19.4 Å². The molecule has 0 saturated carbocycles. The van der Waals surface area contributed by atoms with Crippen LogP contribution in [0.25, 0.3) is 0 Å². The van der Waals surface area contributed by atoms with Crippen LogP contribution in [0.15, 0.2) is 4.99 Å². The van der Waals surface area contributed by atoms with E-state index >= 15 is 0 Å². The Hall–Kier alpha value is -0.780. The molecule has 102 valence electrons. The van der Waals surface area contributed by atoms with Crippen molar-refractivity contribution < 1.29 is 8.42 Å². The van der Waals surface area contributed by atoms with E-state index in [1.54, 1.807) is 20.9 Å². The van der Waals surface area contributed by atoms with Crippen molar-refractivity contribution in [2.24, 2.45) is 4.99 Å². The lowest BCUT2D eigenvalue weighted by atomic mass is 10.2. The van der Waals surface area contributed by atoms with Gasteiger partial charge in [-0.1, -0.05) is 13.3 Å². The smallest absolute Gasteiger partial charge is 0.191 e. The molecule has 6 heteroatoms. The van der Waals surface area contributed by atoms with Crippen molar-refractivity contribution in [1.82, 2.24) is 10.6 Å². The van der Waals surface area contributed by atoms with Crippen molar-refractivity contribution >= 4 is 15.8 Å². The first-order chi connectivity index (χ1) is 7.74. The standard InChI is InChI=1S/C11H25N3O2S/c1-6-7-8-13-10(12-4)14-9-11(2,3)17(5,15)16/h6-9H2,1-5H3,(H2,12,13,14). The lowest BCUT2D eigenvalue weighted by Crippen LogP contribution is -2.47. The summed E-state index contributed by atoms with van der Waals surface area (Å²) in [5.74, 6) is 0.648. The van der Waals surface area contributed by atoms with Crippen LogP contribution >= 0.6 is 0 Å². The van der Waals surface area contributed by atoms with Gasteiger partial charge in [-0.3, -0.25) is 4.99 Å². The summed E-state index contributed by atoms with van der Waals surface area (Å²) in [4.78, 5) is 4.04. The molecule has 0 rings (SSSR count). The molecule has 0 unspecified atom stereocenters. The summed E-state index contributed by atoms with van der Waals surface area (Å²) >= 11 is 0. The molecular weight excluding hydrogens is 238 g/mol. The maximum absolute atomic E-state index is 11.5. The van der Waals surface area contributed by atoms with Gasteiger partial charge in [-0.15, -0.1) is 0 Å². The minimum Gasteiger partial charge on any atom is -0.356 e. The second kappa shape index (κ2) is 6.83. The van der Waals surface area contributed by atoms with Gasteiger partial charge in [-0.2, -0.15) is 0 Å². The van der Waals surface area contributed by atoms with E-state index in [1.165, 1.54) is 6.26 Å². The van der Waals surface area contributed by atoms with Crippen LogP contribution in [0.5, 0.6) is 0 Å². The molecule has 2 N–H and O–H groups in total. The fourth-order valence-corrected chi connectivity index (χ4v) is 1.37. The van der Waals surface area contributed by atoms with Gasteiger partial charge < -0.3 is 10.6 Å². The molecule has 0 spiro atoms. The van der Waals surface area contributed by atoms with Gasteiger partial charge in [-0.05, 0) is 20.3 Å². The predicted octanol–water partition coefficient (Wildman–Crippen LogP) is 0.775. The Morgan fingerprint density at radius 2 is 1.88 bits per heavy atom. The molecule has 0 aromatic rings. The second-order valence-electron chi connectivity index (χ2n) is 4.74. The lowest BCUT2D eigenvalue weighted by molar-refractivity contribution is 0.544. The van der Waals surface area contributed by atoms with Crippen molar-refractivity contribution in [1.29, 1.82) is 0 Å². The molecule has 0 amide bonds. The van der Waals surface area contributed by atoms with Gasteiger partial charge in [0.2, 0.25) is 0 Å². The number of nitrogens with one attached hydrogen (secondary N) is 2. The molecule has 0 fully saturated rings. The Morgan fingerprint density at radius 3 is 2.29 bits per heavy atom. The number of rotatable bonds is 6. The number of unbranched alkanes of at least 4 members (excludes halogenated alkanes) is 1. The summed E-state index contributed by atoms with van der Waals surface area (Å²) in [6.07, 6.45) is 3.43. The second-order valence-corrected chi connectivity index (χ2v) is 7.39. The Balaban J connectivity index is 4.25. The van der Waals surface area contributed by atoms with Crippen LogP contribution in [0.3, 0.4) is 0 Å². The fraction of sp³-hybridized carbons (Fsp3) is 0.909. The molecule has 0 aliphatic heterocycles. The highest BCUT2D eigenvalue weighted by Gasteiger charge is 2.30. The van der Waals surface area contributed by atoms with Crippen LogP contribution in [0, 0.1) is 0 Å². The topological polar surface area (TPSA) is 70.6 Å². The summed E-state index contributed by atoms with van der Waals surface area (Å²) in [6, 6.07) is 0. The van der Waals surface area contributed by atoms with Gasteiger partial charge in [0.25, 0.3) is 0 Å². The third-order valence-electron chi connectivity index (χ3n) is 2.73. The number of aliphatic imine (C=N–C) groups is 1. The van der Waals surface area contributed by atoms with Gasteiger partial charge in [0, 0.05) is 26.4 Å². The van der Waals surface area contributed by atoms with E-state index in [1.807, 2.05) is 0 Å². The van der Waals surface area contributed by atoms with Crippen LogP contribution in [0.4, 0.5) is 0 Å². The lowest BCUT2D eigenvalue weighted by Gasteiger charge is -2.24. The first kappa shape index (κ1) is 16.2. The molecule has 0 aromatic carbocycles. The van der Waals surface area contributed by atoms with Gasteiger partial charge in [0.15, 0.2) is 15.8 Å². The van der Waals surface area contributed by atoms with Gasteiger partial charge >= 0.3 is 0 Å². The average molecular weight is 263 g/mol. The average Bonchev–Trinajstić information content (AvgIpc) is 2.21. The number of hydrogen-bond donors (Lipinski definition) is 2. The molecule has 0 aromatic heterocycles. The number of hydrogen-bond acceptors (Lipinski definition) is 3. The monoisotopic (exact) mass is 263 g/mol. The van der Waals surface area contributed by atoms with Crippen LogP contribution in [0.1, 0.15) is 33.6 Å². The van der Waals surface area contributed by atoms with Crippen LogP contribution in [0.2, 0.25) is 0 Å². The zero-order chi connectivity index (χ0) is 13.5. The van der Waals surface area contributed by atoms with Gasteiger partial charge in [0.1, 0.15) is 0 Å². The van der Waals surface area contributed by atoms with Crippen molar-refractivity contribution in [3.63, 3.8) is 0 Å². The number of nitrogens with zero attached hydrogens (tertiary/aromatic N) is 1. The molecule has 17 heavy (non-hydrogen) atoms. The van der Waals surface area contributed by atoms with E-state index in [-0.39, 0.29) is 0 Å². The first-order valence-corrected chi connectivity index (χ1v) is 7.78. The van der Waals surface area contributed by atoms with Gasteiger partial charge in [-0.25, -0.2) is 8.42 Å². The predicted molar refractivity (Wildman–Crippen MR) is 73.2 cm³/mol. The third kappa shape index (κ3) is 5.91. The molecule has 5 nitrogen and oxygen atoms in total. The SMILES string of the molecule is CCCCNC(=NC)NCC(C)(C)S(C)(=O)=O. The van der Waals surface area contributed by atoms with Crippen LogP contribution < -0.4 is 10.6 Å². The van der Waals surface area contributed by atoms with E-state index in [9.17, 15) is 8.42 Å². The molecule has 0 atom stereocenters. The Bertz CT molecular complexity index is 348. The molecule has 0 aliphatic carbocycles. The highest BCUT2D eigenvalue weighted by molar-refractivity contribution is 7.92. The van der Waals surface area contributed by atoms with E-state index in [4.69, 9.17) is 0 Å². The Morgan fingerprint density at radius 1 is 1.29 bits per heavy atom. The third-order valence-corrected chi connectivity index (χ3v) is 4.88. The summed E-state index contributed by atoms with van der Waals surface area (Å²) < 4.78 is 22.2. The van der Waals surface area contributed by atoms with Crippen molar-refractivity contribution in [2.75, 3.05) is 26.4 Å². The van der Waals surface area contributed by atoms with Crippen molar-refractivity contribution in [3.8, 4) is 0 Å². The molecule has 0 heterocycles. The van der Waals surface area contributed by atoms with Gasteiger partial charge in [0.05, 0.1) is 4.75 Å². The summed E-state index contributed by atoms with van der Waals surface area (Å²) in [6.45, 7) is 6.71. The minimum absolute atomic E-state index is 0.345. The Labute approximate surface area is 105 Å². The number of sulfone groups is 1. The first-order valence-electron chi connectivity index (χ1n) is 5.88. The van der Waals surface area contributed by atoms with Crippen molar-refractivity contribution in [3.05, 3.63) is 0 Å². The number of guanidine groups is 1. The molecule has 0 bridgehead atoms.